The van der Waals surface area contributed by atoms with Crippen molar-refractivity contribution in [2.45, 2.75) is 40.0 Å². The quantitative estimate of drug-likeness (QED) is 0.441. The van der Waals surface area contributed by atoms with Crippen molar-refractivity contribution in [1.29, 1.82) is 0 Å². The van der Waals surface area contributed by atoms with E-state index in [0.29, 0.717) is 24.3 Å². The summed E-state index contributed by atoms with van der Waals surface area (Å²) in [6, 6.07) is 0. The van der Waals surface area contributed by atoms with Gasteiger partial charge in [-0.15, -0.1) is 35.3 Å². The molecule has 1 aromatic rings. The Labute approximate surface area is 137 Å². The van der Waals surface area contributed by atoms with Gasteiger partial charge in [-0.05, 0) is 19.3 Å². The van der Waals surface area contributed by atoms with Crippen molar-refractivity contribution in [3.8, 4) is 0 Å². The number of aliphatic imine (C=N–C) groups is 1. The first-order chi connectivity index (χ1) is 8.49. The molecule has 0 saturated carbocycles. The van der Waals surface area contributed by atoms with E-state index in [2.05, 4.69) is 41.4 Å². The van der Waals surface area contributed by atoms with Crippen molar-refractivity contribution >= 4 is 41.3 Å². The third-order valence-corrected chi connectivity index (χ3v) is 3.82. The molecule has 1 rings (SSSR count). The van der Waals surface area contributed by atoms with Gasteiger partial charge < -0.3 is 11.1 Å². The summed E-state index contributed by atoms with van der Waals surface area (Å²) in [4.78, 5) is 8.82. The summed E-state index contributed by atoms with van der Waals surface area (Å²) in [5, 5.41) is 6.34. The molecule has 3 N–H and O–H groups in total. The fourth-order valence-corrected chi connectivity index (χ4v) is 2.30. The second-order valence-electron chi connectivity index (χ2n) is 5.06. The fourth-order valence-electron chi connectivity index (χ4n) is 1.46. The summed E-state index contributed by atoms with van der Waals surface area (Å²) in [5.74, 6) is 1.55. The molecule has 1 unspecified atom stereocenters. The van der Waals surface area contributed by atoms with Gasteiger partial charge in [0.1, 0.15) is 0 Å². The van der Waals surface area contributed by atoms with Crippen molar-refractivity contribution < 1.29 is 0 Å². The third-order valence-electron chi connectivity index (χ3n) is 2.62. The minimum absolute atomic E-state index is 0. The van der Waals surface area contributed by atoms with E-state index >= 15 is 0 Å². The van der Waals surface area contributed by atoms with Crippen LogP contribution in [0.4, 0.5) is 0 Å². The molecule has 0 fully saturated rings. The molecule has 0 spiro atoms. The van der Waals surface area contributed by atoms with Gasteiger partial charge in [0.25, 0.3) is 0 Å². The van der Waals surface area contributed by atoms with Gasteiger partial charge in [0, 0.05) is 23.5 Å². The summed E-state index contributed by atoms with van der Waals surface area (Å²) in [7, 11) is 0. The van der Waals surface area contributed by atoms with Crippen LogP contribution in [0.1, 0.15) is 43.8 Å². The van der Waals surface area contributed by atoms with Gasteiger partial charge in [0.2, 0.25) is 0 Å². The van der Waals surface area contributed by atoms with E-state index in [4.69, 9.17) is 5.73 Å². The van der Waals surface area contributed by atoms with Crippen LogP contribution in [0.5, 0.6) is 0 Å². The summed E-state index contributed by atoms with van der Waals surface area (Å²) in [6.07, 6.45) is 1.11. The van der Waals surface area contributed by atoms with E-state index in [1.807, 2.05) is 6.92 Å². The zero-order chi connectivity index (χ0) is 13.5. The number of nitrogens with two attached hydrogens (primary N) is 1. The van der Waals surface area contributed by atoms with Crippen molar-refractivity contribution in [2.75, 3.05) is 13.1 Å². The maximum Gasteiger partial charge on any atom is 0.188 e. The lowest BCUT2D eigenvalue weighted by atomic mass is 10.1. The first kappa shape index (κ1) is 18.6. The number of hydrogen-bond donors (Lipinski definition) is 2. The number of rotatable bonds is 6. The monoisotopic (exact) mass is 396 g/mol. The molecule has 0 aliphatic heterocycles. The van der Waals surface area contributed by atoms with E-state index in [1.165, 1.54) is 0 Å². The maximum atomic E-state index is 5.81. The topological polar surface area (TPSA) is 63.3 Å². The average Bonchev–Trinajstić information content (AvgIpc) is 2.72. The van der Waals surface area contributed by atoms with Crippen LogP contribution in [0.2, 0.25) is 0 Å². The first-order valence-corrected chi connectivity index (χ1v) is 7.32. The minimum Gasteiger partial charge on any atom is -0.370 e. The summed E-state index contributed by atoms with van der Waals surface area (Å²) in [6.45, 7) is 10.1. The number of hydrogen-bond acceptors (Lipinski definition) is 3. The molecular weight excluding hydrogens is 371 g/mol. The van der Waals surface area contributed by atoms with Gasteiger partial charge in [0.05, 0.1) is 11.6 Å². The van der Waals surface area contributed by atoms with E-state index in [0.717, 1.165) is 23.7 Å². The Kier molecular flexibility index (Phi) is 9.34. The number of nitrogens with one attached hydrogen (secondary N) is 1. The molecule has 0 aliphatic carbocycles. The lowest BCUT2D eigenvalue weighted by molar-refractivity contribution is 0.576. The standard InChI is InChI=1S/C13H24N4S.HI/c1-9(2)5-6-15-13(14)16-7-10(3)12-17-11(4)8-18-12;/h8-10H,5-7H2,1-4H3,(H3,14,15,16);1H. The molecule has 1 aromatic heterocycles. The van der Waals surface area contributed by atoms with Gasteiger partial charge >= 0.3 is 0 Å². The van der Waals surface area contributed by atoms with Gasteiger partial charge in [0.15, 0.2) is 5.96 Å². The maximum absolute atomic E-state index is 5.81. The Morgan fingerprint density at radius 2 is 2.16 bits per heavy atom. The molecule has 0 amide bonds. The normalized spacial score (nSPS) is 13.2. The van der Waals surface area contributed by atoms with Crippen molar-refractivity contribution in [3.05, 3.63) is 16.1 Å². The summed E-state index contributed by atoms with van der Waals surface area (Å²) >= 11 is 1.69. The highest BCUT2D eigenvalue weighted by molar-refractivity contribution is 14.0. The Balaban J connectivity index is 0.00000324. The summed E-state index contributed by atoms with van der Waals surface area (Å²) in [5.41, 5.74) is 6.89. The highest BCUT2D eigenvalue weighted by Crippen LogP contribution is 2.19. The Hall–Kier alpha value is -0.370. The molecule has 4 nitrogen and oxygen atoms in total. The second-order valence-corrected chi connectivity index (χ2v) is 5.95. The lowest BCUT2D eigenvalue weighted by Gasteiger charge is -2.09. The molecule has 0 aromatic carbocycles. The molecule has 19 heavy (non-hydrogen) atoms. The fraction of sp³-hybridized carbons (Fsp3) is 0.692. The third kappa shape index (κ3) is 7.71. The van der Waals surface area contributed by atoms with E-state index < -0.39 is 0 Å². The number of aryl methyl sites for hydroxylation is 1. The van der Waals surface area contributed by atoms with Crippen LogP contribution in [-0.4, -0.2) is 24.0 Å². The lowest BCUT2D eigenvalue weighted by Crippen LogP contribution is -2.33. The smallest absolute Gasteiger partial charge is 0.188 e. The molecule has 1 atom stereocenters. The van der Waals surface area contributed by atoms with E-state index in [-0.39, 0.29) is 24.0 Å². The molecule has 0 saturated heterocycles. The van der Waals surface area contributed by atoms with Crippen LogP contribution in [0.25, 0.3) is 0 Å². The SMILES string of the molecule is Cc1csc(C(C)CN=C(N)NCCC(C)C)n1.I. The number of nitrogens with zero attached hydrogens (tertiary/aromatic N) is 2. The predicted molar refractivity (Wildman–Crippen MR) is 94.6 cm³/mol. The number of guanidine groups is 1. The number of halogens is 1. The van der Waals surface area contributed by atoms with E-state index in [1.54, 1.807) is 11.3 Å². The van der Waals surface area contributed by atoms with Crippen LogP contribution >= 0.6 is 35.3 Å². The van der Waals surface area contributed by atoms with Crippen molar-refractivity contribution in [3.63, 3.8) is 0 Å². The van der Waals surface area contributed by atoms with Crippen LogP contribution in [0.3, 0.4) is 0 Å². The van der Waals surface area contributed by atoms with E-state index in [9.17, 15) is 0 Å². The van der Waals surface area contributed by atoms with Crippen molar-refractivity contribution in [2.24, 2.45) is 16.6 Å². The molecule has 110 valence electrons. The van der Waals surface area contributed by atoms with Crippen LogP contribution in [0, 0.1) is 12.8 Å². The van der Waals surface area contributed by atoms with Gasteiger partial charge in [-0.3, -0.25) is 4.99 Å². The van der Waals surface area contributed by atoms with Gasteiger partial charge in [-0.1, -0.05) is 20.8 Å². The largest absolute Gasteiger partial charge is 0.370 e. The molecule has 0 radical (unpaired) electrons. The average molecular weight is 396 g/mol. The predicted octanol–water partition coefficient (Wildman–Crippen LogP) is 3.12. The van der Waals surface area contributed by atoms with Gasteiger partial charge in [-0.2, -0.15) is 0 Å². The molecular formula is C13H25IN4S. The number of aromatic nitrogens is 1. The molecule has 0 aliphatic rings. The molecule has 6 heteroatoms. The second kappa shape index (κ2) is 9.52. The Morgan fingerprint density at radius 3 is 2.68 bits per heavy atom. The first-order valence-electron chi connectivity index (χ1n) is 6.45. The zero-order valence-corrected chi connectivity index (χ0v) is 15.3. The van der Waals surface area contributed by atoms with Crippen LogP contribution in [0.15, 0.2) is 10.4 Å². The Bertz CT molecular complexity index is 390. The number of thiazole rings is 1. The summed E-state index contributed by atoms with van der Waals surface area (Å²) < 4.78 is 0. The van der Waals surface area contributed by atoms with Crippen LogP contribution in [-0.2, 0) is 0 Å². The van der Waals surface area contributed by atoms with Gasteiger partial charge in [-0.25, -0.2) is 4.98 Å². The molecule has 0 bridgehead atoms. The molecule has 1 heterocycles. The Morgan fingerprint density at radius 1 is 1.47 bits per heavy atom. The van der Waals surface area contributed by atoms with Crippen LogP contribution < -0.4 is 11.1 Å². The minimum atomic E-state index is 0. The zero-order valence-electron chi connectivity index (χ0n) is 12.1. The highest BCUT2D eigenvalue weighted by Gasteiger charge is 2.08. The van der Waals surface area contributed by atoms with Crippen molar-refractivity contribution in [1.82, 2.24) is 10.3 Å². The highest BCUT2D eigenvalue weighted by atomic mass is 127.